The van der Waals surface area contributed by atoms with E-state index in [2.05, 4.69) is 4.72 Å². The second kappa shape index (κ2) is 5.94. The molecule has 0 radical (unpaired) electrons. The van der Waals surface area contributed by atoms with Crippen molar-refractivity contribution >= 4 is 16.0 Å². The van der Waals surface area contributed by atoms with Gasteiger partial charge in [-0.2, -0.15) is 0 Å². The molecule has 0 saturated carbocycles. The molecule has 1 rings (SSSR count). The molecule has 1 aromatic rings. The van der Waals surface area contributed by atoms with Crippen LogP contribution < -0.4 is 10.5 Å². The van der Waals surface area contributed by atoms with E-state index >= 15 is 0 Å². The normalized spacial score (nSPS) is 15.0. The summed E-state index contributed by atoms with van der Waals surface area (Å²) in [6.07, 6.45) is 0. The van der Waals surface area contributed by atoms with Crippen LogP contribution in [0, 0.1) is 0 Å². The number of benzene rings is 1. The number of carboxylic acid groups (broad SMARTS) is 1. The third-order valence-corrected chi connectivity index (χ3v) is 4.25. The van der Waals surface area contributed by atoms with Gasteiger partial charge in [0.15, 0.2) is 5.25 Å². The number of carboxylic acids is 1. The van der Waals surface area contributed by atoms with Crippen LogP contribution >= 0.6 is 0 Å². The predicted octanol–water partition coefficient (Wildman–Crippen LogP) is 0.0789. The highest BCUT2D eigenvalue weighted by molar-refractivity contribution is 7.90. The molecule has 0 fully saturated rings. The largest absolute Gasteiger partial charge is 0.480 e. The summed E-state index contributed by atoms with van der Waals surface area (Å²) < 4.78 is 25.3. The van der Waals surface area contributed by atoms with Gasteiger partial charge in [0.2, 0.25) is 10.0 Å². The van der Waals surface area contributed by atoms with Gasteiger partial charge in [-0.3, -0.25) is 4.79 Å². The fraction of sp³-hybridized carbons (Fsp3) is 0.364. The van der Waals surface area contributed by atoms with Gasteiger partial charge in [-0.15, -0.1) is 0 Å². The molecule has 0 aliphatic rings. The Hall–Kier alpha value is -1.44. The van der Waals surface area contributed by atoms with Gasteiger partial charge in [-0.05, 0) is 12.5 Å². The maximum absolute atomic E-state index is 11.6. The summed E-state index contributed by atoms with van der Waals surface area (Å²) >= 11 is 0. The fourth-order valence-electron chi connectivity index (χ4n) is 1.28. The van der Waals surface area contributed by atoms with E-state index < -0.39 is 27.3 Å². The molecule has 0 heterocycles. The van der Waals surface area contributed by atoms with E-state index in [1.165, 1.54) is 0 Å². The zero-order valence-electron chi connectivity index (χ0n) is 9.91. The number of hydrogen-bond donors (Lipinski definition) is 3. The Labute approximate surface area is 106 Å². The average Bonchev–Trinajstić information content (AvgIpc) is 2.36. The zero-order chi connectivity index (χ0) is 13.8. The molecular formula is C11H16N2O4S. The summed E-state index contributed by atoms with van der Waals surface area (Å²) in [5, 5.41) is 7.15. The lowest BCUT2D eigenvalue weighted by Gasteiger charge is -2.15. The van der Waals surface area contributed by atoms with Crippen LogP contribution in [0.2, 0.25) is 0 Å². The number of aliphatic carboxylic acids is 1. The summed E-state index contributed by atoms with van der Waals surface area (Å²) in [5.74, 6) is -1.39. The Kier molecular flexibility index (Phi) is 4.83. The molecule has 0 aliphatic carbocycles. The Morgan fingerprint density at radius 1 is 1.39 bits per heavy atom. The van der Waals surface area contributed by atoms with Crippen LogP contribution in [-0.4, -0.2) is 31.3 Å². The van der Waals surface area contributed by atoms with Gasteiger partial charge < -0.3 is 10.8 Å². The highest BCUT2D eigenvalue weighted by Gasteiger charge is 2.27. The van der Waals surface area contributed by atoms with Crippen molar-refractivity contribution in [2.45, 2.75) is 18.2 Å². The fourth-order valence-corrected chi connectivity index (χ4v) is 2.21. The first-order chi connectivity index (χ1) is 8.34. The molecule has 2 atom stereocenters. The lowest BCUT2D eigenvalue weighted by atomic mass is 10.1. The molecule has 18 heavy (non-hydrogen) atoms. The number of hydrogen-bond acceptors (Lipinski definition) is 4. The van der Waals surface area contributed by atoms with Crippen LogP contribution in [0.1, 0.15) is 18.5 Å². The SMILES string of the molecule is CC(C(=O)O)S(=O)(=O)NCC(N)c1ccccc1. The molecular weight excluding hydrogens is 256 g/mol. The average molecular weight is 272 g/mol. The van der Waals surface area contributed by atoms with Gasteiger partial charge in [0.1, 0.15) is 0 Å². The highest BCUT2D eigenvalue weighted by Crippen LogP contribution is 2.09. The third-order valence-electron chi connectivity index (χ3n) is 2.55. The van der Waals surface area contributed by atoms with Crippen molar-refractivity contribution in [1.82, 2.24) is 4.72 Å². The molecule has 0 bridgehead atoms. The molecule has 1 aromatic carbocycles. The van der Waals surface area contributed by atoms with E-state index in [0.717, 1.165) is 12.5 Å². The standard InChI is InChI=1S/C11H16N2O4S/c1-8(11(14)15)18(16,17)13-7-10(12)9-5-3-2-4-6-9/h2-6,8,10,13H,7,12H2,1H3,(H,14,15). The molecule has 0 spiro atoms. The molecule has 0 aliphatic heterocycles. The Morgan fingerprint density at radius 2 is 1.94 bits per heavy atom. The summed E-state index contributed by atoms with van der Waals surface area (Å²) in [7, 11) is -3.89. The van der Waals surface area contributed by atoms with Crippen LogP contribution in [0.25, 0.3) is 0 Å². The molecule has 4 N–H and O–H groups in total. The van der Waals surface area contributed by atoms with Gasteiger partial charge in [0.05, 0.1) is 0 Å². The monoisotopic (exact) mass is 272 g/mol. The Balaban J connectivity index is 2.63. The smallest absolute Gasteiger partial charge is 0.323 e. The number of nitrogens with two attached hydrogens (primary N) is 1. The first-order valence-electron chi connectivity index (χ1n) is 5.36. The molecule has 100 valence electrons. The van der Waals surface area contributed by atoms with E-state index in [-0.39, 0.29) is 6.54 Å². The van der Waals surface area contributed by atoms with Crippen molar-refractivity contribution < 1.29 is 18.3 Å². The van der Waals surface area contributed by atoms with Crippen molar-refractivity contribution in [3.8, 4) is 0 Å². The minimum absolute atomic E-state index is 0.0377. The van der Waals surface area contributed by atoms with E-state index in [1.807, 2.05) is 6.07 Å². The zero-order valence-corrected chi connectivity index (χ0v) is 10.7. The van der Waals surface area contributed by atoms with Crippen molar-refractivity contribution in [3.63, 3.8) is 0 Å². The Bertz CT molecular complexity index is 501. The van der Waals surface area contributed by atoms with E-state index in [4.69, 9.17) is 10.8 Å². The highest BCUT2D eigenvalue weighted by atomic mass is 32.2. The van der Waals surface area contributed by atoms with E-state index in [1.54, 1.807) is 24.3 Å². The topological polar surface area (TPSA) is 109 Å². The van der Waals surface area contributed by atoms with Crippen LogP contribution in [-0.2, 0) is 14.8 Å². The summed E-state index contributed by atoms with van der Waals surface area (Å²) in [6, 6.07) is 8.46. The van der Waals surface area contributed by atoms with Crippen molar-refractivity contribution in [2.24, 2.45) is 5.73 Å². The van der Waals surface area contributed by atoms with Crippen molar-refractivity contribution in [2.75, 3.05) is 6.54 Å². The predicted molar refractivity (Wildman–Crippen MR) is 67.4 cm³/mol. The van der Waals surface area contributed by atoms with Gasteiger partial charge >= 0.3 is 5.97 Å². The third kappa shape index (κ3) is 3.80. The summed E-state index contributed by atoms with van der Waals surface area (Å²) in [6.45, 7) is 1.07. The molecule has 2 unspecified atom stereocenters. The maximum atomic E-state index is 11.6. The van der Waals surface area contributed by atoms with Crippen LogP contribution in [0.5, 0.6) is 0 Å². The van der Waals surface area contributed by atoms with Crippen molar-refractivity contribution in [3.05, 3.63) is 35.9 Å². The second-order valence-electron chi connectivity index (χ2n) is 3.89. The van der Waals surface area contributed by atoms with Gasteiger partial charge in [0.25, 0.3) is 0 Å². The summed E-state index contributed by atoms with van der Waals surface area (Å²) in [4.78, 5) is 10.6. The van der Waals surface area contributed by atoms with Crippen LogP contribution in [0.15, 0.2) is 30.3 Å². The molecule has 7 heteroatoms. The number of rotatable bonds is 6. The lowest BCUT2D eigenvalue weighted by molar-refractivity contribution is -0.136. The summed E-state index contributed by atoms with van der Waals surface area (Å²) in [5.41, 5.74) is 6.58. The molecule has 0 aromatic heterocycles. The second-order valence-corrected chi connectivity index (χ2v) is 5.98. The first-order valence-corrected chi connectivity index (χ1v) is 6.91. The lowest BCUT2D eigenvalue weighted by Crippen LogP contribution is -2.40. The van der Waals surface area contributed by atoms with Gasteiger partial charge in [-0.25, -0.2) is 13.1 Å². The van der Waals surface area contributed by atoms with E-state index in [0.29, 0.717) is 0 Å². The molecule has 0 amide bonds. The number of sulfonamides is 1. The minimum Gasteiger partial charge on any atom is -0.480 e. The van der Waals surface area contributed by atoms with Gasteiger partial charge in [-0.1, -0.05) is 30.3 Å². The Morgan fingerprint density at radius 3 is 2.44 bits per heavy atom. The van der Waals surface area contributed by atoms with Gasteiger partial charge in [0, 0.05) is 12.6 Å². The quantitative estimate of drug-likeness (QED) is 0.679. The molecule has 0 saturated heterocycles. The van der Waals surface area contributed by atoms with E-state index in [9.17, 15) is 13.2 Å². The van der Waals surface area contributed by atoms with Crippen LogP contribution in [0.4, 0.5) is 0 Å². The molecule has 6 nitrogen and oxygen atoms in total. The number of nitrogens with one attached hydrogen (secondary N) is 1. The minimum atomic E-state index is -3.89. The number of carbonyl (C=O) groups is 1. The van der Waals surface area contributed by atoms with Crippen molar-refractivity contribution in [1.29, 1.82) is 0 Å². The maximum Gasteiger partial charge on any atom is 0.323 e. The first kappa shape index (κ1) is 14.6. The van der Waals surface area contributed by atoms with Crippen LogP contribution in [0.3, 0.4) is 0 Å².